The first-order valence-electron chi connectivity index (χ1n) is 9.28. The molecular weight excluding hydrogens is 324 g/mol. The Bertz CT molecular complexity index is 826. The van der Waals surface area contributed by atoms with Crippen LogP contribution in [-0.2, 0) is 17.8 Å². The summed E-state index contributed by atoms with van der Waals surface area (Å²) in [7, 11) is 0. The first kappa shape index (κ1) is 18.1. The van der Waals surface area contributed by atoms with Crippen molar-refractivity contribution in [1.29, 1.82) is 0 Å². The molecular formula is C22H26N2O2. The van der Waals surface area contributed by atoms with E-state index in [1.807, 2.05) is 48.7 Å². The van der Waals surface area contributed by atoms with Crippen molar-refractivity contribution in [2.24, 2.45) is 0 Å². The van der Waals surface area contributed by atoms with E-state index in [0.29, 0.717) is 6.61 Å². The topological polar surface area (TPSA) is 54.1 Å². The monoisotopic (exact) mass is 350 g/mol. The van der Waals surface area contributed by atoms with Gasteiger partial charge >= 0.3 is 6.09 Å². The number of nitrogens with one attached hydrogen (secondary N) is 2. The van der Waals surface area contributed by atoms with E-state index in [2.05, 4.69) is 29.4 Å². The van der Waals surface area contributed by atoms with E-state index < -0.39 is 0 Å². The standard InChI is InChI=1S/C22H26N2O2/c1-2-3-11-19(14-18-15-23-21-13-8-7-12-20(18)21)24-22(25)26-16-17-9-5-4-6-10-17/h4-10,12-13,15,19,23H,2-3,11,14,16H2,1H3,(H,24,25). The molecule has 26 heavy (non-hydrogen) atoms. The largest absolute Gasteiger partial charge is 0.445 e. The summed E-state index contributed by atoms with van der Waals surface area (Å²) in [6, 6.07) is 18.1. The maximum atomic E-state index is 12.2. The number of carbonyl (C=O) groups is 1. The smallest absolute Gasteiger partial charge is 0.407 e. The minimum absolute atomic E-state index is 0.0671. The number of hydrogen-bond acceptors (Lipinski definition) is 2. The lowest BCUT2D eigenvalue weighted by molar-refractivity contribution is 0.135. The van der Waals surface area contributed by atoms with E-state index in [9.17, 15) is 4.79 Å². The Balaban J connectivity index is 1.61. The van der Waals surface area contributed by atoms with E-state index in [4.69, 9.17) is 4.74 Å². The average molecular weight is 350 g/mol. The van der Waals surface area contributed by atoms with Crippen molar-refractivity contribution in [2.45, 2.75) is 45.3 Å². The van der Waals surface area contributed by atoms with Crippen molar-refractivity contribution in [3.05, 3.63) is 71.9 Å². The SMILES string of the molecule is CCCCC(Cc1c[nH]c2ccccc12)NC(=O)OCc1ccccc1. The molecule has 0 aliphatic carbocycles. The fourth-order valence-electron chi connectivity index (χ4n) is 3.17. The second-order valence-corrected chi connectivity index (χ2v) is 6.61. The van der Waals surface area contributed by atoms with Gasteiger partial charge in [0.15, 0.2) is 0 Å². The summed E-state index contributed by atoms with van der Waals surface area (Å²) < 4.78 is 5.39. The van der Waals surface area contributed by atoms with Crippen LogP contribution in [0.3, 0.4) is 0 Å². The lowest BCUT2D eigenvalue weighted by Gasteiger charge is -2.18. The molecule has 0 spiro atoms. The van der Waals surface area contributed by atoms with Gasteiger partial charge in [-0.3, -0.25) is 0 Å². The highest BCUT2D eigenvalue weighted by Gasteiger charge is 2.16. The normalized spacial score (nSPS) is 12.0. The van der Waals surface area contributed by atoms with Crippen LogP contribution in [-0.4, -0.2) is 17.1 Å². The second-order valence-electron chi connectivity index (χ2n) is 6.61. The molecule has 0 aliphatic rings. The van der Waals surface area contributed by atoms with Crippen LogP contribution in [0.15, 0.2) is 60.8 Å². The zero-order valence-corrected chi connectivity index (χ0v) is 15.2. The lowest BCUT2D eigenvalue weighted by atomic mass is 10.0. The van der Waals surface area contributed by atoms with Crippen LogP contribution in [0.5, 0.6) is 0 Å². The van der Waals surface area contributed by atoms with Gasteiger partial charge in [-0.2, -0.15) is 0 Å². The van der Waals surface area contributed by atoms with Gasteiger partial charge in [0, 0.05) is 23.1 Å². The van der Waals surface area contributed by atoms with E-state index in [-0.39, 0.29) is 12.1 Å². The van der Waals surface area contributed by atoms with Gasteiger partial charge in [0.1, 0.15) is 6.61 Å². The number of hydrogen-bond donors (Lipinski definition) is 2. The minimum atomic E-state index is -0.352. The molecule has 4 heteroatoms. The van der Waals surface area contributed by atoms with Crippen LogP contribution in [0.2, 0.25) is 0 Å². The zero-order valence-electron chi connectivity index (χ0n) is 15.2. The maximum Gasteiger partial charge on any atom is 0.407 e. The zero-order chi connectivity index (χ0) is 18.2. The fourth-order valence-corrected chi connectivity index (χ4v) is 3.17. The Morgan fingerprint density at radius 3 is 2.69 bits per heavy atom. The van der Waals surface area contributed by atoms with Crippen LogP contribution in [0.4, 0.5) is 4.79 Å². The molecule has 0 radical (unpaired) electrons. The molecule has 0 aliphatic heterocycles. The van der Waals surface area contributed by atoms with Crippen LogP contribution in [0, 0.1) is 0 Å². The number of para-hydroxylation sites is 1. The summed E-state index contributed by atoms with van der Waals surface area (Å²) in [6.07, 6.45) is 5.60. The summed E-state index contributed by atoms with van der Waals surface area (Å²) in [5, 5.41) is 4.27. The van der Waals surface area contributed by atoms with Crippen molar-refractivity contribution in [3.63, 3.8) is 0 Å². The first-order chi connectivity index (χ1) is 12.8. The Morgan fingerprint density at radius 2 is 1.88 bits per heavy atom. The van der Waals surface area contributed by atoms with Crippen LogP contribution >= 0.6 is 0 Å². The summed E-state index contributed by atoms with van der Waals surface area (Å²) in [5.41, 5.74) is 3.35. The third kappa shape index (κ3) is 4.88. The summed E-state index contributed by atoms with van der Waals surface area (Å²) in [4.78, 5) is 15.5. The highest BCUT2D eigenvalue weighted by atomic mass is 16.5. The summed E-state index contributed by atoms with van der Waals surface area (Å²) >= 11 is 0. The van der Waals surface area contributed by atoms with Gasteiger partial charge in [0.25, 0.3) is 0 Å². The van der Waals surface area contributed by atoms with E-state index >= 15 is 0 Å². The number of amides is 1. The number of fused-ring (bicyclic) bond motifs is 1. The minimum Gasteiger partial charge on any atom is -0.445 e. The Morgan fingerprint density at radius 1 is 1.12 bits per heavy atom. The number of alkyl carbamates (subject to hydrolysis) is 1. The van der Waals surface area contributed by atoms with E-state index in [0.717, 1.165) is 36.8 Å². The molecule has 4 nitrogen and oxygen atoms in total. The number of aromatic amines is 1. The summed E-state index contributed by atoms with van der Waals surface area (Å²) in [6.45, 7) is 2.46. The van der Waals surface area contributed by atoms with Gasteiger partial charge in [-0.25, -0.2) is 4.79 Å². The van der Waals surface area contributed by atoms with Crippen LogP contribution in [0.1, 0.15) is 37.3 Å². The molecule has 0 saturated carbocycles. The quantitative estimate of drug-likeness (QED) is 0.587. The second kappa shape index (κ2) is 9.09. The first-order valence-corrected chi connectivity index (χ1v) is 9.28. The van der Waals surface area contributed by atoms with Crippen molar-refractivity contribution >= 4 is 17.0 Å². The highest BCUT2D eigenvalue weighted by Crippen LogP contribution is 2.20. The van der Waals surface area contributed by atoms with Gasteiger partial charge in [0.2, 0.25) is 0 Å². The number of unbranched alkanes of at least 4 members (excludes halogenated alkanes) is 1. The molecule has 3 aromatic rings. The Kier molecular flexibility index (Phi) is 6.31. The Labute approximate surface area is 154 Å². The van der Waals surface area contributed by atoms with Gasteiger partial charge in [-0.05, 0) is 30.0 Å². The third-order valence-corrected chi connectivity index (χ3v) is 4.58. The van der Waals surface area contributed by atoms with Crippen molar-refractivity contribution < 1.29 is 9.53 Å². The lowest BCUT2D eigenvalue weighted by Crippen LogP contribution is -2.36. The van der Waals surface area contributed by atoms with Crippen molar-refractivity contribution in [1.82, 2.24) is 10.3 Å². The molecule has 0 saturated heterocycles. The molecule has 1 amide bonds. The predicted octanol–water partition coefficient (Wildman–Crippen LogP) is 5.20. The van der Waals surface area contributed by atoms with Crippen molar-refractivity contribution in [3.8, 4) is 0 Å². The molecule has 0 bridgehead atoms. The van der Waals surface area contributed by atoms with Gasteiger partial charge in [0.05, 0.1) is 0 Å². The number of H-pyrrole nitrogens is 1. The van der Waals surface area contributed by atoms with Crippen molar-refractivity contribution in [2.75, 3.05) is 0 Å². The fraction of sp³-hybridized carbons (Fsp3) is 0.318. The molecule has 2 N–H and O–H groups in total. The molecule has 1 atom stereocenters. The van der Waals surface area contributed by atoms with Gasteiger partial charge < -0.3 is 15.0 Å². The molecule has 1 heterocycles. The Hall–Kier alpha value is -2.75. The highest BCUT2D eigenvalue weighted by molar-refractivity contribution is 5.83. The number of benzene rings is 2. The number of aromatic nitrogens is 1. The van der Waals surface area contributed by atoms with E-state index in [1.165, 1.54) is 10.9 Å². The number of ether oxygens (including phenoxy) is 1. The van der Waals surface area contributed by atoms with Gasteiger partial charge in [-0.15, -0.1) is 0 Å². The third-order valence-electron chi connectivity index (χ3n) is 4.58. The van der Waals surface area contributed by atoms with Crippen LogP contribution < -0.4 is 5.32 Å². The van der Waals surface area contributed by atoms with Gasteiger partial charge in [-0.1, -0.05) is 68.3 Å². The molecule has 3 rings (SSSR count). The number of rotatable bonds is 8. The van der Waals surface area contributed by atoms with Crippen LogP contribution in [0.25, 0.3) is 10.9 Å². The molecule has 0 fully saturated rings. The maximum absolute atomic E-state index is 12.2. The average Bonchev–Trinajstić information content (AvgIpc) is 3.08. The predicted molar refractivity (Wildman–Crippen MR) is 105 cm³/mol. The number of carbonyl (C=O) groups excluding carboxylic acids is 1. The molecule has 1 unspecified atom stereocenters. The summed E-state index contributed by atoms with van der Waals surface area (Å²) in [5.74, 6) is 0. The molecule has 136 valence electrons. The molecule has 2 aromatic carbocycles. The molecule has 1 aromatic heterocycles. The van der Waals surface area contributed by atoms with E-state index in [1.54, 1.807) is 0 Å².